The van der Waals surface area contributed by atoms with Gasteiger partial charge in [0.15, 0.2) is 5.82 Å². The molecular weight excluding hydrogens is 230 g/mol. The second-order valence-corrected chi connectivity index (χ2v) is 4.16. The molecule has 1 aromatic heterocycles. The Labute approximate surface area is 106 Å². The monoisotopic (exact) mass is 247 g/mol. The molecule has 0 aliphatic heterocycles. The number of aromatic nitrogens is 2. The average molecular weight is 247 g/mol. The molecule has 1 heterocycles. The molecule has 0 spiro atoms. The van der Waals surface area contributed by atoms with Gasteiger partial charge in [-0.05, 0) is 31.0 Å². The number of benzene rings is 1. The molecule has 96 valence electrons. The van der Waals surface area contributed by atoms with E-state index in [1.165, 1.54) is 0 Å². The maximum Gasteiger partial charge on any atom is 0.258 e. The summed E-state index contributed by atoms with van der Waals surface area (Å²) in [6.45, 7) is 3.96. The summed E-state index contributed by atoms with van der Waals surface area (Å²) >= 11 is 0. The Morgan fingerprint density at radius 1 is 1.44 bits per heavy atom. The maximum atomic E-state index is 5.86. The van der Waals surface area contributed by atoms with Crippen LogP contribution in [0.3, 0.4) is 0 Å². The van der Waals surface area contributed by atoms with E-state index in [2.05, 4.69) is 10.1 Å². The van der Waals surface area contributed by atoms with Crippen molar-refractivity contribution < 1.29 is 9.26 Å². The van der Waals surface area contributed by atoms with Gasteiger partial charge in [-0.1, -0.05) is 18.1 Å². The lowest BCUT2D eigenvalue weighted by atomic mass is 10.1. The van der Waals surface area contributed by atoms with E-state index in [1.54, 1.807) is 7.11 Å². The number of nitrogens with zero attached hydrogens (tertiary/aromatic N) is 2. The Kier molecular flexibility index (Phi) is 3.62. The first-order chi connectivity index (χ1) is 8.65. The number of aryl methyl sites for hydroxylation is 1. The van der Waals surface area contributed by atoms with E-state index in [0.29, 0.717) is 11.7 Å². The Morgan fingerprint density at radius 2 is 2.22 bits per heavy atom. The van der Waals surface area contributed by atoms with Crippen LogP contribution in [0.5, 0.6) is 5.75 Å². The summed E-state index contributed by atoms with van der Waals surface area (Å²) in [6.07, 6.45) is 0.774. The van der Waals surface area contributed by atoms with Gasteiger partial charge >= 0.3 is 0 Å². The summed E-state index contributed by atoms with van der Waals surface area (Å²) in [5.41, 5.74) is 7.75. The van der Waals surface area contributed by atoms with E-state index in [-0.39, 0.29) is 6.04 Å². The lowest BCUT2D eigenvalue weighted by molar-refractivity contribution is 0.408. The summed E-state index contributed by atoms with van der Waals surface area (Å²) < 4.78 is 10.5. The van der Waals surface area contributed by atoms with Gasteiger partial charge in [0.2, 0.25) is 0 Å². The van der Waals surface area contributed by atoms with Crippen molar-refractivity contribution >= 4 is 0 Å². The molecule has 1 aromatic carbocycles. The fourth-order valence-corrected chi connectivity index (χ4v) is 1.64. The van der Waals surface area contributed by atoms with Crippen LogP contribution >= 0.6 is 0 Å². The fourth-order valence-electron chi connectivity index (χ4n) is 1.64. The number of rotatable bonds is 4. The molecule has 0 radical (unpaired) electrons. The molecule has 0 aliphatic rings. The molecule has 0 fully saturated rings. The third-order valence-corrected chi connectivity index (χ3v) is 2.87. The Balaban J connectivity index is 2.34. The molecule has 0 saturated heterocycles. The van der Waals surface area contributed by atoms with Crippen LogP contribution in [0.25, 0.3) is 11.5 Å². The third kappa shape index (κ3) is 2.36. The highest BCUT2D eigenvalue weighted by Crippen LogP contribution is 2.26. The van der Waals surface area contributed by atoms with Gasteiger partial charge in [0.25, 0.3) is 5.89 Å². The first kappa shape index (κ1) is 12.6. The van der Waals surface area contributed by atoms with E-state index in [9.17, 15) is 0 Å². The largest absolute Gasteiger partial charge is 0.496 e. The molecule has 5 nitrogen and oxygen atoms in total. The lowest BCUT2D eigenvalue weighted by Gasteiger charge is -2.04. The zero-order chi connectivity index (χ0) is 13.1. The van der Waals surface area contributed by atoms with Crippen LogP contribution in [-0.4, -0.2) is 17.3 Å². The second kappa shape index (κ2) is 5.18. The first-order valence-corrected chi connectivity index (χ1v) is 5.90. The van der Waals surface area contributed by atoms with Crippen LogP contribution in [0.1, 0.15) is 30.8 Å². The quantitative estimate of drug-likeness (QED) is 0.898. The van der Waals surface area contributed by atoms with Crippen molar-refractivity contribution in [1.82, 2.24) is 10.1 Å². The molecule has 2 rings (SSSR count). The number of hydrogen-bond acceptors (Lipinski definition) is 5. The third-order valence-electron chi connectivity index (χ3n) is 2.87. The molecule has 0 amide bonds. The SMILES string of the molecule is CCC(N)c1noc(-c2ccc(C)c(OC)c2)n1. The highest BCUT2D eigenvalue weighted by atomic mass is 16.5. The minimum absolute atomic E-state index is 0.185. The van der Waals surface area contributed by atoms with Crippen LogP contribution in [0.4, 0.5) is 0 Å². The standard InChI is InChI=1S/C13H17N3O2/c1-4-10(14)12-15-13(18-16-12)9-6-5-8(2)11(7-9)17-3/h5-7,10H,4,14H2,1-3H3. The maximum absolute atomic E-state index is 5.86. The topological polar surface area (TPSA) is 74.2 Å². The Morgan fingerprint density at radius 3 is 2.89 bits per heavy atom. The molecule has 2 N–H and O–H groups in total. The van der Waals surface area contributed by atoms with Gasteiger partial charge in [-0.2, -0.15) is 4.98 Å². The number of nitrogens with two attached hydrogens (primary N) is 1. The highest BCUT2D eigenvalue weighted by Gasteiger charge is 2.14. The van der Waals surface area contributed by atoms with Gasteiger partial charge in [-0.15, -0.1) is 0 Å². The molecule has 2 aromatic rings. The van der Waals surface area contributed by atoms with Gasteiger partial charge in [-0.25, -0.2) is 0 Å². The molecule has 18 heavy (non-hydrogen) atoms. The fraction of sp³-hybridized carbons (Fsp3) is 0.385. The van der Waals surface area contributed by atoms with E-state index >= 15 is 0 Å². The van der Waals surface area contributed by atoms with Crippen molar-refractivity contribution in [1.29, 1.82) is 0 Å². The minimum atomic E-state index is -0.185. The van der Waals surface area contributed by atoms with Crippen LogP contribution < -0.4 is 10.5 Å². The Bertz CT molecular complexity index is 537. The zero-order valence-electron chi connectivity index (χ0n) is 10.8. The second-order valence-electron chi connectivity index (χ2n) is 4.16. The zero-order valence-corrected chi connectivity index (χ0v) is 10.8. The van der Waals surface area contributed by atoms with E-state index in [1.807, 2.05) is 32.0 Å². The van der Waals surface area contributed by atoms with E-state index in [4.69, 9.17) is 15.0 Å². The van der Waals surface area contributed by atoms with Crippen molar-refractivity contribution in [2.45, 2.75) is 26.3 Å². The van der Waals surface area contributed by atoms with Crippen molar-refractivity contribution in [2.24, 2.45) is 5.73 Å². The summed E-state index contributed by atoms with van der Waals surface area (Å²) in [6, 6.07) is 5.57. The first-order valence-electron chi connectivity index (χ1n) is 5.90. The Hall–Kier alpha value is -1.88. The molecule has 1 atom stereocenters. The predicted octanol–water partition coefficient (Wildman–Crippen LogP) is 2.46. The summed E-state index contributed by atoms with van der Waals surface area (Å²) in [7, 11) is 1.64. The molecule has 1 unspecified atom stereocenters. The molecule has 0 bridgehead atoms. The van der Waals surface area contributed by atoms with Gasteiger partial charge in [0.05, 0.1) is 13.2 Å². The average Bonchev–Trinajstić information content (AvgIpc) is 2.88. The van der Waals surface area contributed by atoms with Crippen molar-refractivity contribution in [2.75, 3.05) is 7.11 Å². The number of ether oxygens (including phenoxy) is 1. The van der Waals surface area contributed by atoms with Crippen molar-refractivity contribution in [3.05, 3.63) is 29.6 Å². The summed E-state index contributed by atoms with van der Waals surface area (Å²) in [4.78, 5) is 4.30. The van der Waals surface area contributed by atoms with Gasteiger partial charge < -0.3 is 15.0 Å². The van der Waals surface area contributed by atoms with Crippen LogP contribution in [0.2, 0.25) is 0 Å². The summed E-state index contributed by atoms with van der Waals surface area (Å²) in [5.74, 6) is 1.80. The van der Waals surface area contributed by atoms with E-state index < -0.39 is 0 Å². The van der Waals surface area contributed by atoms with E-state index in [0.717, 1.165) is 23.3 Å². The highest BCUT2D eigenvalue weighted by molar-refractivity contribution is 5.57. The normalized spacial score (nSPS) is 12.4. The molecule has 0 saturated carbocycles. The van der Waals surface area contributed by atoms with Crippen LogP contribution in [0.15, 0.2) is 22.7 Å². The predicted molar refractivity (Wildman–Crippen MR) is 68.2 cm³/mol. The van der Waals surface area contributed by atoms with Gasteiger partial charge in [0.1, 0.15) is 5.75 Å². The van der Waals surface area contributed by atoms with Crippen LogP contribution in [-0.2, 0) is 0 Å². The molecule has 5 heteroatoms. The molecule has 0 aliphatic carbocycles. The van der Waals surface area contributed by atoms with Gasteiger partial charge in [0, 0.05) is 5.56 Å². The molecular formula is C13H17N3O2. The number of methoxy groups -OCH3 is 1. The van der Waals surface area contributed by atoms with Gasteiger partial charge in [-0.3, -0.25) is 0 Å². The number of hydrogen-bond donors (Lipinski definition) is 1. The smallest absolute Gasteiger partial charge is 0.258 e. The summed E-state index contributed by atoms with van der Waals surface area (Å²) in [5, 5.41) is 3.89. The van der Waals surface area contributed by atoms with Crippen LogP contribution in [0, 0.1) is 6.92 Å². The minimum Gasteiger partial charge on any atom is -0.496 e. The van der Waals surface area contributed by atoms with Crippen molar-refractivity contribution in [3.63, 3.8) is 0 Å². The lowest BCUT2D eigenvalue weighted by Crippen LogP contribution is -2.10. The van der Waals surface area contributed by atoms with Crippen molar-refractivity contribution in [3.8, 4) is 17.2 Å².